The molecule has 0 aromatic heterocycles. The van der Waals surface area contributed by atoms with Gasteiger partial charge in [-0.3, -0.25) is 4.39 Å². The lowest BCUT2D eigenvalue weighted by Gasteiger charge is -1.99. The molecule has 0 saturated carbocycles. The molecular weight excluding hydrogens is 195 g/mol. The van der Waals surface area contributed by atoms with Crippen molar-refractivity contribution in [1.29, 1.82) is 0 Å². The molecular formula is C12H25FO2. The Morgan fingerprint density at radius 3 is 2.27 bits per heavy atom. The second kappa shape index (κ2) is 16.3. The maximum Gasteiger partial charge on any atom is 0.0944 e. The third kappa shape index (κ3) is 20.0. The van der Waals surface area contributed by atoms with Crippen molar-refractivity contribution in [1.82, 2.24) is 0 Å². The summed E-state index contributed by atoms with van der Waals surface area (Å²) < 4.78 is 16.4. The highest BCUT2D eigenvalue weighted by Gasteiger charge is 1.93. The van der Waals surface area contributed by atoms with E-state index in [0.29, 0.717) is 0 Å². The Kier molecular flexibility index (Phi) is 18.7. The topological polar surface area (TPSA) is 29.5 Å². The number of hydrogen-bond acceptors (Lipinski definition) is 2. The molecule has 0 aliphatic carbocycles. The van der Waals surface area contributed by atoms with E-state index in [4.69, 9.17) is 9.84 Å². The Balaban J connectivity index is 0. The lowest BCUT2D eigenvalue weighted by atomic mass is 10.2. The van der Waals surface area contributed by atoms with Gasteiger partial charge in [0.1, 0.15) is 0 Å². The number of ether oxygens (including phenoxy) is 1. The maximum atomic E-state index is 11.2. The molecule has 92 valence electrons. The van der Waals surface area contributed by atoms with Gasteiger partial charge in [-0.25, -0.2) is 0 Å². The second-order valence-electron chi connectivity index (χ2n) is 3.38. The summed E-state index contributed by atoms with van der Waals surface area (Å²) in [6, 6.07) is 0. The fraction of sp³-hybridized carbons (Fsp3) is 0.833. The summed E-state index contributed by atoms with van der Waals surface area (Å²) in [4.78, 5) is 0. The van der Waals surface area contributed by atoms with Gasteiger partial charge in [0.25, 0.3) is 0 Å². The van der Waals surface area contributed by atoms with Gasteiger partial charge in [0, 0.05) is 25.7 Å². The molecule has 1 atom stereocenters. The highest BCUT2D eigenvalue weighted by atomic mass is 19.1. The molecule has 0 rings (SSSR count). The number of unbranched alkanes of at least 4 members (excludes halogenated alkanes) is 2. The normalized spacial score (nSPS) is 11.8. The lowest BCUT2D eigenvalue weighted by Crippen LogP contribution is -2.01. The molecule has 2 radical (unpaired) electrons. The minimum Gasteiger partial charge on any atom is -0.396 e. The summed E-state index contributed by atoms with van der Waals surface area (Å²) in [6.45, 7) is 10.3. The van der Waals surface area contributed by atoms with Gasteiger partial charge < -0.3 is 9.84 Å². The Morgan fingerprint density at radius 1 is 1.33 bits per heavy atom. The molecule has 2 nitrogen and oxygen atoms in total. The number of alkyl halides is 1. The van der Waals surface area contributed by atoms with Crippen LogP contribution in [0.15, 0.2) is 0 Å². The highest BCUT2D eigenvalue weighted by molar-refractivity contribution is 4.54. The first-order valence-electron chi connectivity index (χ1n) is 5.59. The zero-order valence-corrected chi connectivity index (χ0v) is 9.88. The van der Waals surface area contributed by atoms with Gasteiger partial charge in [0.2, 0.25) is 0 Å². The monoisotopic (exact) mass is 220 g/mol. The van der Waals surface area contributed by atoms with Crippen molar-refractivity contribution in [3.63, 3.8) is 0 Å². The first-order valence-corrected chi connectivity index (χ1v) is 5.59. The zero-order chi connectivity index (χ0) is 11.9. The van der Waals surface area contributed by atoms with E-state index in [1.54, 1.807) is 0 Å². The highest BCUT2D eigenvalue weighted by Crippen LogP contribution is 1.91. The molecule has 0 saturated heterocycles. The van der Waals surface area contributed by atoms with Gasteiger partial charge in [0.15, 0.2) is 0 Å². The van der Waals surface area contributed by atoms with E-state index < -0.39 is 12.6 Å². The molecule has 0 aromatic rings. The average molecular weight is 220 g/mol. The minimum atomic E-state index is -0.531. The fourth-order valence-corrected chi connectivity index (χ4v) is 0.601. The molecule has 0 fully saturated rings. The van der Waals surface area contributed by atoms with Crippen LogP contribution in [0.4, 0.5) is 4.39 Å². The number of aliphatic hydroxyl groups is 1. The fourth-order valence-electron chi connectivity index (χ4n) is 0.601. The van der Waals surface area contributed by atoms with E-state index in [9.17, 15) is 4.39 Å². The molecule has 1 unspecified atom stereocenters. The van der Waals surface area contributed by atoms with E-state index in [-0.39, 0.29) is 6.61 Å². The van der Waals surface area contributed by atoms with Crippen LogP contribution in [0.3, 0.4) is 0 Å². The van der Waals surface area contributed by atoms with Crippen LogP contribution in [0.5, 0.6) is 0 Å². The molecule has 1 N–H and O–H groups in total. The van der Waals surface area contributed by atoms with Gasteiger partial charge in [-0.1, -0.05) is 26.7 Å². The van der Waals surface area contributed by atoms with Crippen LogP contribution in [-0.2, 0) is 4.74 Å². The van der Waals surface area contributed by atoms with E-state index in [1.165, 1.54) is 12.8 Å². The summed E-state index contributed by atoms with van der Waals surface area (Å²) in [5.41, 5.74) is 0. The Hall–Kier alpha value is -0.150. The van der Waals surface area contributed by atoms with E-state index in [0.717, 1.165) is 26.1 Å². The van der Waals surface area contributed by atoms with Crippen molar-refractivity contribution in [2.45, 2.75) is 32.6 Å². The van der Waals surface area contributed by atoms with E-state index in [2.05, 4.69) is 20.8 Å². The molecule has 0 aliphatic rings. The Bertz CT molecular complexity index is 89.6. The molecule has 0 amide bonds. The summed E-state index contributed by atoms with van der Waals surface area (Å²) in [6.07, 6.45) is 4.51. The SMILES string of the molecule is [CH2]C(CO)CF.[CH2]CCCOCCCC. The van der Waals surface area contributed by atoms with Gasteiger partial charge in [-0.15, -0.1) is 0 Å². The van der Waals surface area contributed by atoms with Crippen LogP contribution < -0.4 is 0 Å². The Labute approximate surface area is 93.8 Å². The number of hydrogen-bond donors (Lipinski definition) is 1. The standard InChI is InChI=1S/C8H17O.C4H8FO/c1-3-5-7-9-8-6-4-2;1-4(2-5)3-6/h1,3-8H2,2H3;4,6H,1-3H2. The largest absolute Gasteiger partial charge is 0.396 e. The van der Waals surface area contributed by atoms with Gasteiger partial charge >= 0.3 is 0 Å². The third-order valence-electron chi connectivity index (χ3n) is 1.66. The summed E-state index contributed by atoms with van der Waals surface area (Å²) in [5.74, 6) is -0.426. The van der Waals surface area contributed by atoms with Crippen molar-refractivity contribution in [2.75, 3.05) is 26.5 Å². The summed E-state index contributed by atoms with van der Waals surface area (Å²) >= 11 is 0. The van der Waals surface area contributed by atoms with E-state index >= 15 is 0 Å². The summed E-state index contributed by atoms with van der Waals surface area (Å²) in [5, 5.41) is 8.03. The second-order valence-corrected chi connectivity index (χ2v) is 3.38. The van der Waals surface area contributed by atoms with Crippen molar-refractivity contribution >= 4 is 0 Å². The number of aliphatic hydroxyl groups excluding tert-OH is 1. The van der Waals surface area contributed by atoms with Crippen LogP contribution in [0.25, 0.3) is 0 Å². The molecule has 0 spiro atoms. The predicted octanol–water partition coefficient (Wildman–Crippen LogP) is 2.82. The van der Waals surface area contributed by atoms with Crippen LogP contribution in [0.2, 0.25) is 0 Å². The van der Waals surface area contributed by atoms with Crippen molar-refractivity contribution in [2.24, 2.45) is 5.92 Å². The molecule has 0 aliphatic heterocycles. The molecule has 0 bridgehead atoms. The lowest BCUT2D eigenvalue weighted by molar-refractivity contribution is 0.129. The number of halogens is 1. The summed E-state index contributed by atoms with van der Waals surface area (Å²) in [7, 11) is 0. The van der Waals surface area contributed by atoms with Crippen molar-refractivity contribution < 1.29 is 14.2 Å². The molecule has 3 heteroatoms. The van der Waals surface area contributed by atoms with Crippen molar-refractivity contribution in [3.05, 3.63) is 13.8 Å². The van der Waals surface area contributed by atoms with Gasteiger partial charge in [-0.2, -0.15) is 0 Å². The predicted molar refractivity (Wildman–Crippen MR) is 62.2 cm³/mol. The maximum absolute atomic E-state index is 11.2. The smallest absolute Gasteiger partial charge is 0.0944 e. The van der Waals surface area contributed by atoms with Crippen LogP contribution in [0.1, 0.15) is 32.6 Å². The quantitative estimate of drug-likeness (QED) is 0.637. The third-order valence-corrected chi connectivity index (χ3v) is 1.66. The molecule has 0 aromatic carbocycles. The van der Waals surface area contributed by atoms with Crippen molar-refractivity contribution in [3.8, 4) is 0 Å². The average Bonchev–Trinajstić information content (AvgIpc) is 2.29. The zero-order valence-electron chi connectivity index (χ0n) is 9.88. The van der Waals surface area contributed by atoms with Crippen LogP contribution in [-0.4, -0.2) is 31.6 Å². The Morgan fingerprint density at radius 2 is 1.93 bits per heavy atom. The molecule has 0 heterocycles. The van der Waals surface area contributed by atoms with Crippen LogP contribution in [0, 0.1) is 19.8 Å². The van der Waals surface area contributed by atoms with Gasteiger partial charge in [-0.05, 0) is 19.8 Å². The van der Waals surface area contributed by atoms with Crippen LogP contribution >= 0.6 is 0 Å². The number of rotatable bonds is 8. The molecule has 15 heavy (non-hydrogen) atoms. The van der Waals surface area contributed by atoms with Gasteiger partial charge in [0.05, 0.1) is 6.67 Å². The minimum absolute atomic E-state index is 0.156. The first kappa shape index (κ1) is 17.3. The first-order chi connectivity index (χ1) is 7.22. The van der Waals surface area contributed by atoms with E-state index in [1.807, 2.05) is 0 Å².